The monoisotopic (exact) mass is 393 g/mol. The predicted molar refractivity (Wildman–Crippen MR) is 111 cm³/mol. The van der Waals surface area contributed by atoms with Crippen molar-refractivity contribution in [2.24, 2.45) is 5.41 Å². The fourth-order valence-electron chi connectivity index (χ4n) is 5.00. The molecule has 1 amide bonds. The van der Waals surface area contributed by atoms with Gasteiger partial charge in [0.1, 0.15) is 12.1 Å². The molecule has 1 fully saturated rings. The van der Waals surface area contributed by atoms with Gasteiger partial charge in [-0.1, -0.05) is 75.2 Å². The number of carboxylic acids is 1. The van der Waals surface area contributed by atoms with Crippen molar-refractivity contribution in [3.05, 3.63) is 59.7 Å². The van der Waals surface area contributed by atoms with Crippen LogP contribution in [-0.4, -0.2) is 29.3 Å². The van der Waals surface area contributed by atoms with Gasteiger partial charge in [-0.25, -0.2) is 9.59 Å². The Bertz CT molecular complexity index is 906. The van der Waals surface area contributed by atoms with Crippen molar-refractivity contribution in [2.45, 2.75) is 51.0 Å². The second-order valence-corrected chi connectivity index (χ2v) is 8.75. The number of nitrogens with one attached hydrogen (secondary N) is 1. The number of alkyl carbamates (subject to hydrolysis) is 1. The third kappa shape index (κ3) is 3.18. The number of fused-ring (bicyclic) bond motifs is 3. The highest BCUT2D eigenvalue weighted by Crippen LogP contribution is 2.45. The summed E-state index contributed by atoms with van der Waals surface area (Å²) in [5.41, 5.74) is 2.75. The Morgan fingerprint density at radius 1 is 1.00 bits per heavy atom. The molecular weight excluding hydrogens is 366 g/mol. The van der Waals surface area contributed by atoms with Gasteiger partial charge in [0.15, 0.2) is 0 Å². The van der Waals surface area contributed by atoms with Crippen LogP contribution in [0.5, 0.6) is 0 Å². The van der Waals surface area contributed by atoms with E-state index in [0.29, 0.717) is 6.42 Å². The first kappa shape index (κ1) is 19.5. The summed E-state index contributed by atoms with van der Waals surface area (Å²) in [5, 5.41) is 12.7. The van der Waals surface area contributed by atoms with Crippen LogP contribution in [0.1, 0.15) is 56.6 Å². The Balaban J connectivity index is 1.52. The molecule has 152 valence electrons. The number of carbonyl (C=O) groups is 2. The molecule has 1 saturated carbocycles. The van der Waals surface area contributed by atoms with Gasteiger partial charge in [0.2, 0.25) is 0 Å². The lowest BCUT2D eigenvalue weighted by atomic mass is 9.63. The van der Waals surface area contributed by atoms with Crippen LogP contribution in [0.2, 0.25) is 0 Å². The average Bonchev–Trinajstić information content (AvgIpc) is 3.02. The molecule has 2 N–H and O–H groups in total. The lowest BCUT2D eigenvalue weighted by Crippen LogP contribution is -2.64. The maximum atomic E-state index is 12.7. The minimum atomic E-state index is -1.30. The maximum Gasteiger partial charge on any atom is 0.408 e. The fourth-order valence-corrected chi connectivity index (χ4v) is 5.00. The summed E-state index contributed by atoms with van der Waals surface area (Å²) >= 11 is 0. The Kier molecular flexibility index (Phi) is 4.85. The summed E-state index contributed by atoms with van der Waals surface area (Å²) in [6.07, 6.45) is 2.25. The van der Waals surface area contributed by atoms with Gasteiger partial charge in [0, 0.05) is 5.92 Å². The minimum Gasteiger partial charge on any atom is -0.479 e. The van der Waals surface area contributed by atoms with E-state index in [0.717, 1.165) is 41.5 Å². The van der Waals surface area contributed by atoms with Crippen molar-refractivity contribution >= 4 is 12.1 Å². The van der Waals surface area contributed by atoms with Crippen LogP contribution < -0.4 is 5.32 Å². The molecule has 2 aromatic rings. The topological polar surface area (TPSA) is 75.6 Å². The lowest BCUT2D eigenvalue weighted by Gasteiger charge is -2.47. The summed E-state index contributed by atoms with van der Waals surface area (Å²) in [6.45, 7) is 3.99. The molecule has 29 heavy (non-hydrogen) atoms. The number of aliphatic carboxylic acids is 1. The summed E-state index contributed by atoms with van der Waals surface area (Å²) in [5.74, 6) is -1.04. The van der Waals surface area contributed by atoms with Gasteiger partial charge < -0.3 is 15.2 Å². The fraction of sp³-hybridized carbons (Fsp3) is 0.417. The highest BCUT2D eigenvalue weighted by atomic mass is 16.5. The van der Waals surface area contributed by atoms with Crippen molar-refractivity contribution in [3.63, 3.8) is 0 Å². The first-order valence-corrected chi connectivity index (χ1v) is 10.2. The first-order valence-electron chi connectivity index (χ1n) is 10.2. The highest BCUT2D eigenvalue weighted by molar-refractivity contribution is 5.86. The largest absolute Gasteiger partial charge is 0.479 e. The number of hydrogen-bond acceptors (Lipinski definition) is 3. The molecule has 0 aromatic heterocycles. The van der Waals surface area contributed by atoms with Gasteiger partial charge in [0.05, 0.1) is 0 Å². The zero-order valence-electron chi connectivity index (χ0n) is 16.9. The lowest BCUT2D eigenvalue weighted by molar-refractivity contribution is -0.152. The summed E-state index contributed by atoms with van der Waals surface area (Å²) in [7, 11) is 0. The van der Waals surface area contributed by atoms with Crippen molar-refractivity contribution in [3.8, 4) is 11.1 Å². The predicted octanol–water partition coefficient (Wildman–Crippen LogP) is 4.95. The van der Waals surface area contributed by atoms with Crippen molar-refractivity contribution < 1.29 is 19.4 Å². The van der Waals surface area contributed by atoms with Crippen LogP contribution in [0.4, 0.5) is 4.79 Å². The van der Waals surface area contributed by atoms with Gasteiger partial charge in [-0.15, -0.1) is 0 Å². The summed E-state index contributed by atoms with van der Waals surface area (Å²) in [4.78, 5) is 24.8. The Hall–Kier alpha value is -2.82. The summed E-state index contributed by atoms with van der Waals surface area (Å²) < 4.78 is 5.60. The number of benzene rings is 2. The zero-order valence-corrected chi connectivity index (χ0v) is 16.9. The molecule has 2 aliphatic carbocycles. The molecule has 0 bridgehead atoms. The third-order valence-corrected chi connectivity index (χ3v) is 6.78. The second-order valence-electron chi connectivity index (χ2n) is 8.75. The van der Waals surface area contributed by atoms with Crippen LogP contribution in [0.25, 0.3) is 11.1 Å². The molecule has 1 unspecified atom stereocenters. The SMILES string of the molecule is CC1(C)CCCCC1(NC(=O)OCC1c2ccccc2-c2ccccc21)C(=O)O. The van der Waals surface area contributed by atoms with E-state index < -0.39 is 23.0 Å². The van der Waals surface area contributed by atoms with Gasteiger partial charge in [-0.05, 0) is 40.5 Å². The van der Waals surface area contributed by atoms with E-state index in [1.54, 1.807) is 0 Å². The molecule has 4 rings (SSSR count). The van der Waals surface area contributed by atoms with E-state index in [9.17, 15) is 14.7 Å². The average molecular weight is 393 g/mol. The molecule has 0 aliphatic heterocycles. The van der Waals surface area contributed by atoms with Crippen LogP contribution in [0.15, 0.2) is 48.5 Å². The van der Waals surface area contributed by atoms with E-state index in [2.05, 4.69) is 29.6 Å². The standard InChI is InChI=1S/C24H27NO4/c1-23(2)13-7-8-14-24(23,21(26)27)25-22(28)29-15-20-18-11-5-3-9-16(18)17-10-4-6-12-19(17)20/h3-6,9-12,20H,7-8,13-15H2,1-2H3,(H,25,28)(H,26,27). The van der Waals surface area contributed by atoms with Gasteiger partial charge in [0.25, 0.3) is 0 Å². The van der Waals surface area contributed by atoms with E-state index >= 15 is 0 Å². The third-order valence-electron chi connectivity index (χ3n) is 6.78. The Morgan fingerprint density at radius 3 is 2.10 bits per heavy atom. The highest BCUT2D eigenvalue weighted by Gasteiger charge is 2.54. The number of hydrogen-bond donors (Lipinski definition) is 2. The molecule has 5 nitrogen and oxygen atoms in total. The molecule has 0 radical (unpaired) electrons. The van der Waals surface area contributed by atoms with Crippen LogP contribution in [0.3, 0.4) is 0 Å². The molecule has 5 heteroatoms. The van der Waals surface area contributed by atoms with Gasteiger partial charge in [-0.3, -0.25) is 0 Å². The van der Waals surface area contributed by atoms with Gasteiger partial charge >= 0.3 is 12.1 Å². The number of carbonyl (C=O) groups excluding carboxylic acids is 1. The zero-order chi connectivity index (χ0) is 20.6. The molecule has 0 saturated heterocycles. The summed E-state index contributed by atoms with van der Waals surface area (Å²) in [6, 6.07) is 16.3. The molecular formula is C24H27NO4. The number of ether oxygens (including phenoxy) is 1. The van der Waals surface area contributed by atoms with Crippen molar-refractivity contribution in [1.29, 1.82) is 0 Å². The minimum absolute atomic E-state index is 0.0479. The Labute approximate surface area is 171 Å². The quantitative estimate of drug-likeness (QED) is 0.771. The number of carboxylic acid groups (broad SMARTS) is 1. The van der Waals surface area contributed by atoms with Crippen molar-refractivity contribution in [2.75, 3.05) is 6.61 Å². The Morgan fingerprint density at radius 2 is 1.55 bits per heavy atom. The van der Waals surface area contributed by atoms with Crippen molar-refractivity contribution in [1.82, 2.24) is 5.32 Å². The maximum absolute atomic E-state index is 12.7. The van der Waals surface area contributed by atoms with Gasteiger partial charge in [-0.2, -0.15) is 0 Å². The molecule has 1 atom stereocenters. The molecule has 0 heterocycles. The smallest absolute Gasteiger partial charge is 0.408 e. The first-order chi connectivity index (χ1) is 13.9. The number of amides is 1. The molecule has 2 aromatic carbocycles. The van der Waals surface area contributed by atoms with Crippen LogP contribution in [0, 0.1) is 5.41 Å². The van der Waals surface area contributed by atoms with Crippen LogP contribution >= 0.6 is 0 Å². The van der Waals surface area contributed by atoms with E-state index in [4.69, 9.17) is 4.74 Å². The molecule has 2 aliphatic rings. The van der Waals surface area contributed by atoms with E-state index in [1.807, 2.05) is 38.1 Å². The molecule has 0 spiro atoms. The second kappa shape index (κ2) is 7.21. The normalized spacial score (nSPS) is 22.4. The van der Waals surface area contributed by atoms with Crippen LogP contribution in [-0.2, 0) is 9.53 Å². The van der Waals surface area contributed by atoms with E-state index in [-0.39, 0.29) is 12.5 Å². The van der Waals surface area contributed by atoms with E-state index in [1.165, 1.54) is 0 Å². The number of rotatable bonds is 4.